The van der Waals surface area contributed by atoms with E-state index < -0.39 is 0 Å². The van der Waals surface area contributed by atoms with Gasteiger partial charge in [0.05, 0.1) is 6.61 Å². The number of rotatable bonds is 11. The van der Waals surface area contributed by atoms with Crippen LogP contribution in [-0.2, 0) is 6.42 Å². The van der Waals surface area contributed by atoms with Crippen molar-refractivity contribution in [3.63, 3.8) is 0 Å². The average molecular weight is 342 g/mol. The summed E-state index contributed by atoms with van der Waals surface area (Å²) in [6.07, 6.45) is 10.1. The van der Waals surface area contributed by atoms with Crippen molar-refractivity contribution in [3.8, 4) is 5.75 Å². The van der Waals surface area contributed by atoms with Crippen LogP contribution in [0, 0.1) is 0 Å². The summed E-state index contributed by atoms with van der Waals surface area (Å²) in [5, 5.41) is 0. The van der Waals surface area contributed by atoms with Crippen LogP contribution >= 0.6 is 15.9 Å². The molecule has 1 aromatic rings. The lowest BCUT2D eigenvalue weighted by molar-refractivity contribution is 0.304. The van der Waals surface area contributed by atoms with Gasteiger partial charge in [-0.1, -0.05) is 61.4 Å². The maximum Gasteiger partial charge on any atom is 0.119 e. The van der Waals surface area contributed by atoms with Gasteiger partial charge in [0.15, 0.2) is 0 Å². The quantitative estimate of drug-likeness (QED) is 0.569. The summed E-state index contributed by atoms with van der Waals surface area (Å²) in [6, 6.07) is 6.16. The highest BCUT2D eigenvalue weighted by Crippen LogP contribution is 2.23. The predicted octanol–water partition coefficient (Wildman–Crippen LogP) is 5.08. The van der Waals surface area contributed by atoms with Gasteiger partial charge in [0.1, 0.15) is 5.75 Å². The Labute approximate surface area is 132 Å². The Balaban J connectivity index is 2.17. The second-order valence-corrected chi connectivity index (χ2v) is 6.12. The Hall–Kier alpha value is -0.540. The van der Waals surface area contributed by atoms with Crippen molar-refractivity contribution in [2.75, 3.05) is 13.2 Å². The molecule has 0 fully saturated rings. The molecule has 0 spiro atoms. The van der Waals surface area contributed by atoms with Crippen molar-refractivity contribution < 1.29 is 4.74 Å². The molecule has 0 aliphatic rings. The van der Waals surface area contributed by atoms with Crippen LogP contribution in [0.3, 0.4) is 0 Å². The number of benzene rings is 1. The molecular weight excluding hydrogens is 314 g/mol. The van der Waals surface area contributed by atoms with Crippen LogP contribution in [0.15, 0.2) is 22.7 Å². The van der Waals surface area contributed by atoms with Crippen molar-refractivity contribution in [1.82, 2.24) is 0 Å². The van der Waals surface area contributed by atoms with Crippen molar-refractivity contribution in [2.45, 2.75) is 58.3 Å². The summed E-state index contributed by atoms with van der Waals surface area (Å²) in [5.74, 6) is 0.961. The van der Waals surface area contributed by atoms with Crippen molar-refractivity contribution >= 4 is 15.9 Å². The highest BCUT2D eigenvalue weighted by atomic mass is 79.9. The molecule has 114 valence electrons. The van der Waals surface area contributed by atoms with Crippen LogP contribution in [0.2, 0.25) is 0 Å². The molecule has 1 aromatic carbocycles. The number of nitrogens with two attached hydrogens (primary N) is 1. The fraction of sp³-hybridized carbons (Fsp3) is 0.647. The third-order valence-corrected chi connectivity index (χ3v) is 4.22. The van der Waals surface area contributed by atoms with Gasteiger partial charge in [-0.3, -0.25) is 0 Å². The lowest BCUT2D eigenvalue weighted by atomic mass is 10.1. The molecule has 1 rings (SSSR count). The molecule has 0 aliphatic carbocycles. The maximum absolute atomic E-state index is 5.81. The predicted molar refractivity (Wildman–Crippen MR) is 90.4 cm³/mol. The molecule has 0 atom stereocenters. The molecule has 0 radical (unpaired) electrons. The van der Waals surface area contributed by atoms with Crippen LogP contribution < -0.4 is 10.5 Å². The first-order valence-corrected chi connectivity index (χ1v) is 8.68. The highest BCUT2D eigenvalue weighted by Gasteiger charge is 2.02. The lowest BCUT2D eigenvalue weighted by Gasteiger charge is -2.09. The first kappa shape index (κ1) is 17.5. The Kier molecular flexibility index (Phi) is 9.77. The molecule has 2 N–H and O–H groups in total. The molecule has 20 heavy (non-hydrogen) atoms. The normalized spacial score (nSPS) is 10.8. The summed E-state index contributed by atoms with van der Waals surface area (Å²) in [6.45, 7) is 3.74. The van der Waals surface area contributed by atoms with Gasteiger partial charge < -0.3 is 10.5 Å². The van der Waals surface area contributed by atoms with Gasteiger partial charge in [-0.05, 0) is 43.1 Å². The van der Waals surface area contributed by atoms with E-state index in [4.69, 9.17) is 10.5 Å². The molecule has 0 aliphatic heterocycles. The van der Waals surface area contributed by atoms with Gasteiger partial charge in [0.25, 0.3) is 0 Å². The summed E-state index contributed by atoms with van der Waals surface area (Å²) >= 11 is 3.54. The maximum atomic E-state index is 5.81. The number of hydrogen-bond acceptors (Lipinski definition) is 2. The monoisotopic (exact) mass is 341 g/mol. The summed E-state index contributed by atoms with van der Waals surface area (Å²) in [4.78, 5) is 0. The minimum absolute atomic E-state index is 0.666. The molecule has 0 saturated carbocycles. The standard InChI is InChI=1S/C17H28BrNO/c1-2-3-4-5-6-7-8-13-20-16-9-10-17(18)15(14-16)11-12-19/h9-10,14H,2-8,11-13,19H2,1H3. The van der Waals surface area contributed by atoms with Crippen molar-refractivity contribution in [2.24, 2.45) is 5.73 Å². The molecule has 0 bridgehead atoms. The molecule has 0 amide bonds. The van der Waals surface area contributed by atoms with E-state index in [9.17, 15) is 0 Å². The van der Waals surface area contributed by atoms with Crippen LogP contribution in [0.4, 0.5) is 0 Å². The van der Waals surface area contributed by atoms with Gasteiger partial charge in [0, 0.05) is 4.47 Å². The Morgan fingerprint density at radius 3 is 2.45 bits per heavy atom. The summed E-state index contributed by atoms with van der Waals surface area (Å²) in [5.41, 5.74) is 6.83. The first-order chi connectivity index (χ1) is 9.77. The molecule has 2 nitrogen and oxygen atoms in total. The van der Waals surface area contributed by atoms with Crippen LogP contribution in [0.25, 0.3) is 0 Å². The third kappa shape index (κ3) is 7.30. The van der Waals surface area contributed by atoms with E-state index in [1.165, 1.54) is 44.1 Å². The van der Waals surface area contributed by atoms with Gasteiger partial charge in [0.2, 0.25) is 0 Å². The van der Waals surface area contributed by atoms with E-state index in [2.05, 4.69) is 28.9 Å². The smallest absolute Gasteiger partial charge is 0.119 e. The van der Waals surface area contributed by atoms with Gasteiger partial charge in [-0.25, -0.2) is 0 Å². The number of unbranched alkanes of at least 4 members (excludes halogenated alkanes) is 6. The second-order valence-electron chi connectivity index (χ2n) is 5.26. The lowest BCUT2D eigenvalue weighted by Crippen LogP contribution is -2.04. The minimum atomic E-state index is 0.666. The van der Waals surface area contributed by atoms with E-state index in [0.29, 0.717) is 6.54 Å². The Morgan fingerprint density at radius 2 is 1.75 bits per heavy atom. The largest absolute Gasteiger partial charge is 0.494 e. The zero-order valence-corrected chi connectivity index (χ0v) is 14.3. The zero-order chi connectivity index (χ0) is 14.6. The van der Waals surface area contributed by atoms with E-state index in [1.54, 1.807) is 0 Å². The second kappa shape index (κ2) is 11.2. The van der Waals surface area contributed by atoms with Crippen molar-refractivity contribution in [3.05, 3.63) is 28.2 Å². The SMILES string of the molecule is CCCCCCCCCOc1ccc(Br)c(CCN)c1. The zero-order valence-electron chi connectivity index (χ0n) is 12.7. The molecular formula is C17H28BrNO. The van der Waals surface area contributed by atoms with Gasteiger partial charge in [-0.15, -0.1) is 0 Å². The van der Waals surface area contributed by atoms with E-state index in [-0.39, 0.29) is 0 Å². The van der Waals surface area contributed by atoms with E-state index >= 15 is 0 Å². The van der Waals surface area contributed by atoms with Crippen LogP contribution in [-0.4, -0.2) is 13.2 Å². The van der Waals surface area contributed by atoms with E-state index in [0.717, 1.165) is 29.7 Å². The number of halogens is 1. The topological polar surface area (TPSA) is 35.2 Å². The molecule has 0 aromatic heterocycles. The molecule has 0 unspecified atom stereocenters. The number of ether oxygens (including phenoxy) is 1. The average Bonchev–Trinajstić information content (AvgIpc) is 2.45. The molecule has 0 saturated heterocycles. The fourth-order valence-corrected chi connectivity index (χ4v) is 2.68. The third-order valence-electron chi connectivity index (χ3n) is 3.45. The van der Waals surface area contributed by atoms with Gasteiger partial charge in [-0.2, -0.15) is 0 Å². The first-order valence-electron chi connectivity index (χ1n) is 7.89. The van der Waals surface area contributed by atoms with Crippen LogP contribution in [0.1, 0.15) is 57.4 Å². The van der Waals surface area contributed by atoms with Crippen LogP contribution in [0.5, 0.6) is 5.75 Å². The summed E-state index contributed by atoms with van der Waals surface area (Å²) < 4.78 is 6.93. The molecule has 3 heteroatoms. The molecule has 0 heterocycles. The Morgan fingerprint density at radius 1 is 1.05 bits per heavy atom. The van der Waals surface area contributed by atoms with E-state index in [1.807, 2.05) is 12.1 Å². The fourth-order valence-electron chi connectivity index (χ4n) is 2.24. The van der Waals surface area contributed by atoms with Gasteiger partial charge >= 0.3 is 0 Å². The summed E-state index contributed by atoms with van der Waals surface area (Å²) in [7, 11) is 0. The number of hydrogen-bond donors (Lipinski definition) is 1. The minimum Gasteiger partial charge on any atom is -0.494 e. The van der Waals surface area contributed by atoms with Crippen molar-refractivity contribution in [1.29, 1.82) is 0 Å². The highest BCUT2D eigenvalue weighted by molar-refractivity contribution is 9.10. The Bertz CT molecular complexity index is 368.